The van der Waals surface area contributed by atoms with Gasteiger partial charge in [-0.05, 0) is 75.5 Å². The van der Waals surface area contributed by atoms with E-state index in [1.54, 1.807) is 0 Å². The van der Waals surface area contributed by atoms with E-state index in [0.29, 0.717) is 12.5 Å². The third-order valence-corrected chi connectivity index (χ3v) is 4.74. The molecule has 1 saturated heterocycles. The number of hydrogen-bond acceptors (Lipinski definition) is 3. The molecular formula is C19H32ClN3O. The summed E-state index contributed by atoms with van der Waals surface area (Å²) in [5.74, 6) is 1.42. The van der Waals surface area contributed by atoms with Gasteiger partial charge >= 0.3 is 0 Å². The molecule has 1 amide bonds. The molecule has 0 saturated carbocycles. The molecule has 1 heterocycles. The molecular weight excluding hydrogens is 322 g/mol. The third kappa shape index (κ3) is 6.80. The highest BCUT2D eigenvalue weighted by atomic mass is 35.5. The monoisotopic (exact) mass is 353 g/mol. The Hall–Kier alpha value is -1.10. The van der Waals surface area contributed by atoms with Crippen LogP contribution in [-0.2, 0) is 4.79 Å². The van der Waals surface area contributed by atoms with Crippen molar-refractivity contribution >= 4 is 24.0 Å². The van der Waals surface area contributed by atoms with Gasteiger partial charge in [0.05, 0.1) is 6.54 Å². The number of halogens is 1. The number of carbonyl (C=O) groups excluding carboxylic acids is 1. The molecule has 0 aromatic heterocycles. The molecule has 4 nitrogen and oxygen atoms in total. The van der Waals surface area contributed by atoms with Crippen molar-refractivity contribution < 1.29 is 4.79 Å². The van der Waals surface area contributed by atoms with Crippen molar-refractivity contribution in [3.8, 4) is 0 Å². The fourth-order valence-corrected chi connectivity index (χ4v) is 3.14. The lowest BCUT2D eigenvalue weighted by Crippen LogP contribution is -2.39. The zero-order chi connectivity index (χ0) is 16.7. The number of carbonyl (C=O) groups is 1. The maximum atomic E-state index is 12.2. The number of likely N-dealkylation sites (tertiary alicyclic amines) is 1. The number of hydrogen-bond donors (Lipinski definition) is 2. The van der Waals surface area contributed by atoms with Crippen LogP contribution < -0.4 is 10.6 Å². The fraction of sp³-hybridized carbons (Fsp3) is 0.632. The zero-order valence-corrected chi connectivity index (χ0v) is 16.0. The average molecular weight is 354 g/mol. The Kier molecular flexibility index (Phi) is 9.34. The van der Waals surface area contributed by atoms with Crippen LogP contribution >= 0.6 is 12.4 Å². The summed E-state index contributed by atoms with van der Waals surface area (Å²) in [6.45, 7) is 8.02. The van der Waals surface area contributed by atoms with Crippen LogP contribution in [0.1, 0.15) is 44.6 Å². The van der Waals surface area contributed by atoms with Gasteiger partial charge in [0.25, 0.3) is 0 Å². The first kappa shape index (κ1) is 20.9. The summed E-state index contributed by atoms with van der Waals surface area (Å²) >= 11 is 0. The molecule has 2 rings (SSSR count). The average Bonchev–Trinajstić information content (AvgIpc) is 2.54. The van der Waals surface area contributed by atoms with Crippen molar-refractivity contribution in [1.29, 1.82) is 0 Å². The van der Waals surface area contributed by atoms with Gasteiger partial charge in [0.15, 0.2) is 0 Å². The molecule has 0 unspecified atom stereocenters. The molecule has 1 aromatic carbocycles. The first-order valence-corrected chi connectivity index (χ1v) is 8.85. The highest BCUT2D eigenvalue weighted by Crippen LogP contribution is 2.20. The Balaban J connectivity index is 0.00000288. The van der Waals surface area contributed by atoms with Crippen molar-refractivity contribution in [2.45, 2.75) is 39.0 Å². The standard InChI is InChI=1S/C19H31N3O.ClH/c1-15(2)17-4-6-18(7-5-17)21-19(23)14-22-12-9-16(10-13-22)8-11-20-3;/h4-7,15-16,20H,8-14H2,1-3H3,(H,21,23);1H. The van der Waals surface area contributed by atoms with E-state index in [4.69, 9.17) is 0 Å². The maximum absolute atomic E-state index is 12.2. The third-order valence-electron chi connectivity index (χ3n) is 4.74. The lowest BCUT2D eigenvalue weighted by molar-refractivity contribution is -0.117. The number of benzene rings is 1. The number of piperidine rings is 1. The molecule has 136 valence electrons. The minimum absolute atomic E-state index is 0. The van der Waals surface area contributed by atoms with Crippen molar-refractivity contribution in [2.75, 3.05) is 38.5 Å². The molecule has 1 aromatic rings. The maximum Gasteiger partial charge on any atom is 0.238 e. The summed E-state index contributed by atoms with van der Waals surface area (Å²) in [7, 11) is 2.01. The quantitative estimate of drug-likeness (QED) is 0.788. The molecule has 1 fully saturated rings. The largest absolute Gasteiger partial charge is 0.325 e. The van der Waals surface area contributed by atoms with Gasteiger partial charge in [-0.3, -0.25) is 9.69 Å². The van der Waals surface area contributed by atoms with E-state index in [1.165, 1.54) is 24.8 Å². The Morgan fingerprint density at radius 2 is 1.83 bits per heavy atom. The SMILES string of the molecule is CNCCC1CCN(CC(=O)Nc2ccc(C(C)C)cc2)CC1.Cl. The highest BCUT2D eigenvalue weighted by molar-refractivity contribution is 5.92. The van der Waals surface area contributed by atoms with Gasteiger partial charge in [-0.15, -0.1) is 12.4 Å². The van der Waals surface area contributed by atoms with Crippen LogP contribution in [0, 0.1) is 5.92 Å². The van der Waals surface area contributed by atoms with Gasteiger partial charge in [0, 0.05) is 5.69 Å². The zero-order valence-electron chi connectivity index (χ0n) is 15.2. The summed E-state index contributed by atoms with van der Waals surface area (Å²) in [4.78, 5) is 14.5. The van der Waals surface area contributed by atoms with Crippen molar-refractivity contribution in [3.05, 3.63) is 29.8 Å². The Labute approximate surface area is 152 Å². The number of rotatable bonds is 7. The first-order valence-electron chi connectivity index (χ1n) is 8.85. The highest BCUT2D eigenvalue weighted by Gasteiger charge is 2.20. The molecule has 2 N–H and O–H groups in total. The Morgan fingerprint density at radius 3 is 2.38 bits per heavy atom. The number of anilines is 1. The van der Waals surface area contributed by atoms with Crippen molar-refractivity contribution in [3.63, 3.8) is 0 Å². The van der Waals surface area contributed by atoms with Crippen LogP contribution in [0.2, 0.25) is 0 Å². The first-order chi connectivity index (χ1) is 11.1. The Bertz CT molecular complexity index is 482. The topological polar surface area (TPSA) is 44.4 Å². The number of amides is 1. The van der Waals surface area contributed by atoms with E-state index in [0.717, 1.165) is 31.2 Å². The summed E-state index contributed by atoms with van der Waals surface area (Å²) < 4.78 is 0. The molecule has 1 aliphatic heterocycles. The van der Waals surface area contributed by atoms with E-state index in [1.807, 2.05) is 19.2 Å². The van der Waals surface area contributed by atoms with Gasteiger partial charge in [-0.1, -0.05) is 26.0 Å². The number of nitrogens with one attached hydrogen (secondary N) is 2. The van der Waals surface area contributed by atoms with Crippen LogP contribution in [-0.4, -0.2) is 44.0 Å². The lowest BCUT2D eigenvalue weighted by Gasteiger charge is -2.31. The Morgan fingerprint density at radius 1 is 1.21 bits per heavy atom. The molecule has 0 radical (unpaired) electrons. The van der Waals surface area contributed by atoms with Gasteiger partial charge in [0.1, 0.15) is 0 Å². The predicted octanol–water partition coefficient (Wildman–Crippen LogP) is 3.49. The minimum Gasteiger partial charge on any atom is -0.325 e. The van der Waals surface area contributed by atoms with Crippen LogP contribution in [0.25, 0.3) is 0 Å². The predicted molar refractivity (Wildman–Crippen MR) is 104 cm³/mol. The van der Waals surface area contributed by atoms with Crippen molar-refractivity contribution in [2.24, 2.45) is 5.92 Å². The molecule has 24 heavy (non-hydrogen) atoms. The van der Waals surface area contributed by atoms with E-state index in [-0.39, 0.29) is 18.3 Å². The second-order valence-electron chi connectivity index (χ2n) is 6.94. The number of nitrogens with zero attached hydrogens (tertiary/aromatic N) is 1. The van der Waals surface area contributed by atoms with Gasteiger partial charge < -0.3 is 10.6 Å². The second kappa shape index (κ2) is 10.7. The second-order valence-corrected chi connectivity index (χ2v) is 6.94. The normalized spacial score (nSPS) is 16.0. The minimum atomic E-state index is 0. The van der Waals surface area contributed by atoms with Crippen LogP contribution in [0.3, 0.4) is 0 Å². The van der Waals surface area contributed by atoms with Gasteiger partial charge in [0.2, 0.25) is 5.91 Å². The van der Waals surface area contributed by atoms with Crippen molar-refractivity contribution in [1.82, 2.24) is 10.2 Å². The molecule has 0 atom stereocenters. The van der Waals surface area contributed by atoms with Crippen LogP contribution in [0.4, 0.5) is 5.69 Å². The fourth-order valence-electron chi connectivity index (χ4n) is 3.14. The lowest BCUT2D eigenvalue weighted by atomic mass is 9.93. The van der Waals surface area contributed by atoms with Gasteiger partial charge in [-0.25, -0.2) is 0 Å². The van der Waals surface area contributed by atoms with Crippen LogP contribution in [0.15, 0.2) is 24.3 Å². The van der Waals surface area contributed by atoms with Crippen LogP contribution in [0.5, 0.6) is 0 Å². The summed E-state index contributed by atoms with van der Waals surface area (Å²) in [6.07, 6.45) is 3.66. The summed E-state index contributed by atoms with van der Waals surface area (Å²) in [5.41, 5.74) is 2.19. The van der Waals surface area contributed by atoms with E-state index in [9.17, 15) is 4.79 Å². The van der Waals surface area contributed by atoms with E-state index < -0.39 is 0 Å². The summed E-state index contributed by atoms with van der Waals surface area (Å²) in [5, 5.41) is 6.23. The molecule has 5 heteroatoms. The molecule has 0 aliphatic carbocycles. The molecule has 0 spiro atoms. The smallest absolute Gasteiger partial charge is 0.238 e. The summed E-state index contributed by atoms with van der Waals surface area (Å²) in [6, 6.07) is 8.18. The molecule has 0 bridgehead atoms. The molecule has 1 aliphatic rings. The van der Waals surface area contributed by atoms with E-state index >= 15 is 0 Å². The van der Waals surface area contributed by atoms with Gasteiger partial charge in [-0.2, -0.15) is 0 Å². The van der Waals surface area contributed by atoms with E-state index in [2.05, 4.69) is 41.5 Å².